The third-order valence-electron chi connectivity index (χ3n) is 5.27. The minimum absolute atomic E-state index is 0.118. The van der Waals surface area contributed by atoms with Crippen molar-refractivity contribution in [3.8, 4) is 0 Å². The van der Waals surface area contributed by atoms with E-state index in [2.05, 4.69) is 5.32 Å². The summed E-state index contributed by atoms with van der Waals surface area (Å²) in [6.07, 6.45) is 2.04. The number of amides is 1. The third-order valence-corrected chi connectivity index (χ3v) is 7.10. The monoisotopic (exact) mass is 444 g/mol. The number of ether oxygens (including phenoxy) is 1. The lowest BCUT2D eigenvalue weighted by atomic mass is 10.0. The first kappa shape index (κ1) is 22.8. The highest BCUT2D eigenvalue weighted by atomic mass is 32.2. The van der Waals surface area contributed by atoms with Crippen LogP contribution in [0.25, 0.3) is 0 Å². The number of methoxy groups -OCH3 is 1. The van der Waals surface area contributed by atoms with E-state index < -0.39 is 27.9 Å². The van der Waals surface area contributed by atoms with Gasteiger partial charge in [0.15, 0.2) is 0 Å². The van der Waals surface area contributed by atoms with Crippen molar-refractivity contribution >= 4 is 27.6 Å². The number of fused-ring (bicyclic) bond motifs is 1. The molecule has 8 heteroatoms. The zero-order valence-electron chi connectivity index (χ0n) is 18.0. The fourth-order valence-electron chi connectivity index (χ4n) is 3.72. The average molecular weight is 445 g/mol. The molecule has 1 aliphatic rings. The number of hydrogen-bond acceptors (Lipinski definition) is 5. The van der Waals surface area contributed by atoms with Crippen molar-refractivity contribution in [2.24, 2.45) is 5.92 Å². The standard InChI is InChI=1S/C23H28N2O5S/c1-16(2)15-20(23(27)30-3)24-22(26)18-10-12-19(13-11-18)31(28,29)25-14-6-8-17-7-4-5-9-21(17)25/h4-5,7,9-13,16,20H,6,8,14-15H2,1-3H3,(H,24,26)/t20-/m0/s1. The van der Waals surface area contributed by atoms with Gasteiger partial charge in [-0.1, -0.05) is 32.0 Å². The lowest BCUT2D eigenvalue weighted by Crippen LogP contribution is -2.42. The SMILES string of the molecule is COC(=O)[C@H](CC(C)C)NC(=O)c1ccc(S(=O)(=O)N2CCCc3ccccc32)cc1. The largest absolute Gasteiger partial charge is 0.467 e. The highest BCUT2D eigenvalue weighted by molar-refractivity contribution is 7.92. The van der Waals surface area contributed by atoms with Gasteiger partial charge >= 0.3 is 5.97 Å². The fraction of sp³-hybridized carbons (Fsp3) is 0.391. The molecule has 1 atom stereocenters. The van der Waals surface area contributed by atoms with Crippen LogP contribution in [0.3, 0.4) is 0 Å². The summed E-state index contributed by atoms with van der Waals surface area (Å²) in [7, 11) is -2.47. The minimum atomic E-state index is -3.75. The van der Waals surface area contributed by atoms with E-state index in [1.165, 1.54) is 35.7 Å². The summed E-state index contributed by atoms with van der Waals surface area (Å²) in [5.41, 5.74) is 1.98. The van der Waals surface area contributed by atoms with Gasteiger partial charge in [-0.3, -0.25) is 9.10 Å². The number of nitrogens with zero attached hydrogens (tertiary/aromatic N) is 1. The van der Waals surface area contributed by atoms with Crippen molar-refractivity contribution in [3.05, 3.63) is 59.7 Å². The molecule has 0 aromatic heterocycles. The maximum absolute atomic E-state index is 13.2. The molecule has 1 amide bonds. The first-order valence-corrected chi connectivity index (χ1v) is 11.8. The van der Waals surface area contributed by atoms with Crippen molar-refractivity contribution in [3.63, 3.8) is 0 Å². The molecular weight excluding hydrogens is 416 g/mol. The molecule has 7 nitrogen and oxygen atoms in total. The Hall–Kier alpha value is -2.87. The number of benzene rings is 2. The normalized spacial score (nSPS) is 14.6. The van der Waals surface area contributed by atoms with Crippen LogP contribution in [0.2, 0.25) is 0 Å². The summed E-state index contributed by atoms with van der Waals surface area (Å²) in [4.78, 5) is 24.7. The Morgan fingerprint density at radius 1 is 1.10 bits per heavy atom. The van der Waals surface area contributed by atoms with Gasteiger partial charge in [-0.25, -0.2) is 13.2 Å². The van der Waals surface area contributed by atoms with Gasteiger partial charge < -0.3 is 10.1 Å². The van der Waals surface area contributed by atoms with Gasteiger partial charge in [0.05, 0.1) is 17.7 Å². The Labute approximate surface area is 183 Å². The zero-order chi connectivity index (χ0) is 22.6. The summed E-state index contributed by atoms with van der Waals surface area (Å²) < 4.78 is 32.6. The van der Waals surface area contributed by atoms with E-state index in [0.717, 1.165) is 18.4 Å². The number of para-hydroxylation sites is 1. The number of carbonyl (C=O) groups excluding carboxylic acids is 2. The van der Waals surface area contributed by atoms with Crippen molar-refractivity contribution in [1.29, 1.82) is 0 Å². The predicted octanol–water partition coefficient (Wildman–Crippen LogP) is 3.15. The molecule has 2 aromatic rings. The molecule has 0 aliphatic carbocycles. The van der Waals surface area contributed by atoms with Crippen molar-refractivity contribution in [1.82, 2.24) is 5.32 Å². The van der Waals surface area contributed by atoms with Gasteiger partial charge in [-0.05, 0) is 61.1 Å². The van der Waals surface area contributed by atoms with E-state index in [-0.39, 0.29) is 16.4 Å². The maximum atomic E-state index is 13.2. The first-order chi connectivity index (χ1) is 14.7. The van der Waals surface area contributed by atoms with E-state index in [9.17, 15) is 18.0 Å². The van der Waals surface area contributed by atoms with Gasteiger partial charge in [0.1, 0.15) is 6.04 Å². The fourth-order valence-corrected chi connectivity index (χ4v) is 5.26. The molecule has 166 valence electrons. The molecule has 31 heavy (non-hydrogen) atoms. The number of esters is 1. The summed E-state index contributed by atoms with van der Waals surface area (Å²) >= 11 is 0. The van der Waals surface area contributed by atoms with E-state index in [4.69, 9.17) is 4.74 Å². The molecule has 1 heterocycles. The Morgan fingerprint density at radius 2 is 1.77 bits per heavy atom. The Kier molecular flexibility index (Phi) is 7.00. The second kappa shape index (κ2) is 9.51. The van der Waals surface area contributed by atoms with Crippen LogP contribution in [0, 0.1) is 5.92 Å². The van der Waals surface area contributed by atoms with Crippen LogP contribution in [-0.2, 0) is 26.0 Å². The van der Waals surface area contributed by atoms with Gasteiger partial charge in [-0.2, -0.15) is 0 Å². The lowest BCUT2D eigenvalue weighted by molar-refractivity contribution is -0.143. The molecule has 2 aromatic carbocycles. The average Bonchev–Trinajstić information content (AvgIpc) is 2.77. The molecule has 0 radical (unpaired) electrons. The van der Waals surface area contributed by atoms with Crippen LogP contribution in [0.1, 0.15) is 42.6 Å². The van der Waals surface area contributed by atoms with Crippen molar-refractivity contribution in [2.75, 3.05) is 18.0 Å². The molecular formula is C23H28N2O5S. The molecule has 3 rings (SSSR count). The van der Waals surface area contributed by atoms with E-state index in [1.807, 2.05) is 38.1 Å². The van der Waals surface area contributed by atoms with Crippen molar-refractivity contribution < 1.29 is 22.7 Å². The van der Waals surface area contributed by atoms with E-state index in [1.54, 1.807) is 0 Å². The van der Waals surface area contributed by atoms with Gasteiger partial charge in [-0.15, -0.1) is 0 Å². The van der Waals surface area contributed by atoms with Gasteiger partial charge in [0, 0.05) is 12.1 Å². The summed E-state index contributed by atoms with van der Waals surface area (Å²) in [5.74, 6) is -0.780. The number of aryl methyl sites for hydroxylation is 1. The lowest BCUT2D eigenvalue weighted by Gasteiger charge is -2.30. The second-order valence-electron chi connectivity index (χ2n) is 8.01. The summed E-state index contributed by atoms with van der Waals surface area (Å²) in [5, 5.41) is 2.68. The molecule has 1 N–H and O–H groups in total. The summed E-state index contributed by atoms with van der Waals surface area (Å²) in [6, 6.07) is 12.5. The molecule has 0 bridgehead atoms. The maximum Gasteiger partial charge on any atom is 0.328 e. The first-order valence-electron chi connectivity index (χ1n) is 10.3. The van der Waals surface area contributed by atoms with Crippen LogP contribution in [0.15, 0.2) is 53.4 Å². The quantitative estimate of drug-likeness (QED) is 0.663. The highest BCUT2D eigenvalue weighted by Gasteiger charge is 2.29. The van der Waals surface area contributed by atoms with Gasteiger partial charge in [0.25, 0.3) is 15.9 Å². The zero-order valence-corrected chi connectivity index (χ0v) is 18.8. The number of anilines is 1. The third kappa shape index (κ3) is 5.07. The molecule has 1 aliphatic heterocycles. The number of nitrogens with one attached hydrogen (secondary N) is 1. The van der Waals surface area contributed by atoms with Crippen LogP contribution in [0.5, 0.6) is 0 Å². The summed E-state index contributed by atoms with van der Waals surface area (Å²) in [6.45, 7) is 4.30. The molecule has 0 saturated carbocycles. The second-order valence-corrected chi connectivity index (χ2v) is 9.87. The van der Waals surface area contributed by atoms with Gasteiger partial charge in [0.2, 0.25) is 0 Å². The number of carbonyl (C=O) groups is 2. The van der Waals surface area contributed by atoms with Crippen LogP contribution < -0.4 is 9.62 Å². The number of sulfonamides is 1. The smallest absolute Gasteiger partial charge is 0.328 e. The molecule has 0 spiro atoms. The Bertz CT molecular complexity index is 1050. The molecule has 0 unspecified atom stereocenters. The topological polar surface area (TPSA) is 92.8 Å². The Morgan fingerprint density at radius 3 is 2.42 bits per heavy atom. The highest BCUT2D eigenvalue weighted by Crippen LogP contribution is 2.31. The van der Waals surface area contributed by atoms with Crippen molar-refractivity contribution in [2.45, 2.75) is 44.0 Å². The Balaban J connectivity index is 1.79. The number of rotatable bonds is 7. The number of hydrogen-bond donors (Lipinski definition) is 1. The van der Waals surface area contributed by atoms with Crippen LogP contribution >= 0.6 is 0 Å². The molecule has 0 fully saturated rings. The minimum Gasteiger partial charge on any atom is -0.467 e. The van der Waals surface area contributed by atoms with Crippen LogP contribution in [0.4, 0.5) is 5.69 Å². The molecule has 0 saturated heterocycles. The predicted molar refractivity (Wildman–Crippen MR) is 118 cm³/mol. The van der Waals surface area contributed by atoms with E-state index in [0.29, 0.717) is 18.7 Å². The van der Waals surface area contributed by atoms with Crippen LogP contribution in [-0.4, -0.2) is 40.0 Å². The van der Waals surface area contributed by atoms with E-state index >= 15 is 0 Å².